The van der Waals surface area contributed by atoms with Gasteiger partial charge in [0.2, 0.25) is 11.8 Å². The zero-order valence-corrected chi connectivity index (χ0v) is 25.5. The number of phenolic OH excluding ortho intramolecular Hbond substituents is 1. The number of imide groups is 1. The lowest BCUT2D eigenvalue weighted by molar-refractivity contribution is -0.140. The molecule has 2 amide bonds. The fraction of sp³-hybridized carbons (Fsp3) is 0.297. The van der Waals surface area contributed by atoms with Gasteiger partial charge in [0.1, 0.15) is 18.1 Å². The summed E-state index contributed by atoms with van der Waals surface area (Å²) in [4.78, 5) is 29.9. The van der Waals surface area contributed by atoms with Gasteiger partial charge in [-0.15, -0.1) is 11.3 Å². The standard InChI is InChI=1S/C37H35NO5S/c1-23(18-24-14-15-32(39)29-12-6-5-11-28(24)29)13-16-33-34-25(21-42-26-8-3-2-4-9-26)19-30-35(31(34)22-43-33)37(41)38(36(30)40)20-27-10-7-17-44-27/h2-12,14-15,17-18,30-31,33,35,39H,13,16,19-22H2,1H3/b23-18+/t30-,31+,33-,35-/m1/s1. The quantitative estimate of drug-likeness (QED) is 0.159. The number of fused-ring (bicyclic) bond motifs is 4. The van der Waals surface area contributed by atoms with E-state index in [1.807, 2.05) is 78.2 Å². The predicted molar refractivity (Wildman–Crippen MR) is 172 cm³/mol. The highest BCUT2D eigenvalue weighted by atomic mass is 32.1. The first-order chi connectivity index (χ1) is 21.5. The van der Waals surface area contributed by atoms with Gasteiger partial charge in [-0.3, -0.25) is 14.5 Å². The molecule has 0 spiro atoms. The molecule has 2 fully saturated rings. The molecule has 3 aromatic carbocycles. The number of hydrogen-bond donors (Lipinski definition) is 1. The van der Waals surface area contributed by atoms with Crippen LogP contribution in [0.1, 0.15) is 36.6 Å². The average molecular weight is 606 g/mol. The molecule has 6 nitrogen and oxygen atoms in total. The Morgan fingerprint density at radius 1 is 0.977 bits per heavy atom. The summed E-state index contributed by atoms with van der Waals surface area (Å²) in [6, 6.07) is 25.2. The third-order valence-electron chi connectivity index (χ3n) is 9.29. The maximum absolute atomic E-state index is 13.8. The van der Waals surface area contributed by atoms with Crippen molar-refractivity contribution < 1.29 is 24.2 Å². The number of nitrogens with zero attached hydrogens (tertiary/aromatic N) is 1. The number of hydrogen-bond acceptors (Lipinski definition) is 6. The summed E-state index contributed by atoms with van der Waals surface area (Å²) in [5.41, 5.74) is 4.52. The van der Waals surface area contributed by atoms with Crippen LogP contribution in [-0.2, 0) is 20.9 Å². The van der Waals surface area contributed by atoms with Gasteiger partial charge < -0.3 is 14.6 Å². The van der Waals surface area contributed by atoms with Crippen LogP contribution in [0.15, 0.2) is 101 Å². The van der Waals surface area contributed by atoms with Crippen molar-refractivity contribution in [3.05, 3.63) is 111 Å². The highest BCUT2D eigenvalue weighted by Gasteiger charge is 2.57. The molecule has 2 saturated heterocycles. The van der Waals surface area contributed by atoms with Crippen LogP contribution in [0, 0.1) is 17.8 Å². The maximum Gasteiger partial charge on any atom is 0.234 e. The second-order valence-electron chi connectivity index (χ2n) is 12.0. The lowest BCUT2D eigenvalue weighted by Gasteiger charge is -2.31. The second-order valence-corrected chi connectivity index (χ2v) is 13.0. The largest absolute Gasteiger partial charge is 0.507 e. The van der Waals surface area contributed by atoms with Gasteiger partial charge in [-0.1, -0.05) is 66.2 Å². The molecule has 0 radical (unpaired) electrons. The molecule has 3 aliphatic rings. The van der Waals surface area contributed by atoms with Crippen LogP contribution < -0.4 is 4.74 Å². The Balaban J connectivity index is 1.14. The Hall–Kier alpha value is -4.20. The van der Waals surface area contributed by atoms with Gasteiger partial charge in [-0.25, -0.2) is 0 Å². The first-order valence-corrected chi connectivity index (χ1v) is 16.1. The topological polar surface area (TPSA) is 76.1 Å². The summed E-state index contributed by atoms with van der Waals surface area (Å²) in [6.07, 6.45) is 4.15. The molecule has 0 saturated carbocycles. The van der Waals surface area contributed by atoms with Crippen molar-refractivity contribution in [2.45, 2.75) is 38.8 Å². The molecule has 3 heterocycles. The van der Waals surface area contributed by atoms with Gasteiger partial charge in [0.15, 0.2) is 0 Å². The van der Waals surface area contributed by atoms with Crippen molar-refractivity contribution in [3.63, 3.8) is 0 Å². The molecule has 224 valence electrons. The van der Waals surface area contributed by atoms with E-state index in [0.717, 1.165) is 51.0 Å². The minimum absolute atomic E-state index is 0.0709. The van der Waals surface area contributed by atoms with Crippen molar-refractivity contribution in [1.29, 1.82) is 0 Å². The zero-order valence-electron chi connectivity index (χ0n) is 24.6. The van der Waals surface area contributed by atoms with E-state index >= 15 is 0 Å². The van der Waals surface area contributed by atoms with E-state index in [0.29, 0.717) is 26.2 Å². The first-order valence-electron chi connectivity index (χ1n) is 15.2. The van der Waals surface area contributed by atoms with Gasteiger partial charge in [-0.05, 0) is 77.9 Å². The minimum atomic E-state index is -0.386. The van der Waals surface area contributed by atoms with Crippen LogP contribution in [0.2, 0.25) is 0 Å². The lowest BCUT2D eigenvalue weighted by Crippen LogP contribution is -2.35. The molecule has 4 atom stereocenters. The Bertz CT molecular complexity index is 1760. The van der Waals surface area contributed by atoms with Crippen LogP contribution >= 0.6 is 11.3 Å². The van der Waals surface area contributed by atoms with Crippen LogP contribution in [0.3, 0.4) is 0 Å². The zero-order chi connectivity index (χ0) is 30.2. The number of likely N-dealkylation sites (tertiary alicyclic amines) is 1. The van der Waals surface area contributed by atoms with Crippen molar-refractivity contribution in [2.24, 2.45) is 17.8 Å². The molecule has 4 aromatic rings. The molecule has 0 unspecified atom stereocenters. The van der Waals surface area contributed by atoms with Crippen LogP contribution in [0.4, 0.5) is 0 Å². The molecule has 44 heavy (non-hydrogen) atoms. The Labute approximate surface area is 261 Å². The SMILES string of the molecule is C/C(=C\c1ccc(O)c2ccccc12)CC[C@H]1OC[C@H]2C1=C(COc1ccccc1)C[C@H]1C(=O)N(Cc3cccs3)C(=O)[C@H]12. The molecule has 1 aromatic heterocycles. The molecule has 0 bridgehead atoms. The molecule has 7 heteroatoms. The number of aromatic hydroxyl groups is 1. The fourth-order valence-corrected chi connectivity index (χ4v) is 7.89. The number of phenols is 1. The second kappa shape index (κ2) is 12.1. The highest BCUT2D eigenvalue weighted by molar-refractivity contribution is 7.09. The third kappa shape index (κ3) is 5.35. The number of carbonyl (C=O) groups excluding carboxylic acids is 2. The van der Waals surface area contributed by atoms with Crippen LogP contribution in [-0.4, -0.2) is 41.1 Å². The average Bonchev–Trinajstić information content (AvgIpc) is 3.77. The van der Waals surface area contributed by atoms with Gasteiger partial charge in [-0.2, -0.15) is 0 Å². The van der Waals surface area contributed by atoms with Crippen molar-refractivity contribution >= 4 is 40.0 Å². The number of thiophene rings is 1. The summed E-state index contributed by atoms with van der Waals surface area (Å²) in [5.74, 6) is 0.0280. The number of benzene rings is 3. The number of rotatable bonds is 9. The molecule has 1 N–H and O–H groups in total. The fourth-order valence-electron chi connectivity index (χ4n) is 7.20. The molecular weight excluding hydrogens is 570 g/mol. The Morgan fingerprint density at radius 3 is 2.57 bits per heavy atom. The maximum atomic E-state index is 13.8. The monoisotopic (exact) mass is 605 g/mol. The summed E-state index contributed by atoms with van der Waals surface area (Å²) in [7, 11) is 0. The smallest absolute Gasteiger partial charge is 0.234 e. The third-order valence-corrected chi connectivity index (χ3v) is 10.1. The molecule has 7 rings (SSSR count). The van der Waals surface area contributed by atoms with Crippen molar-refractivity contribution in [3.8, 4) is 11.5 Å². The summed E-state index contributed by atoms with van der Waals surface area (Å²) in [6.45, 7) is 3.27. The highest BCUT2D eigenvalue weighted by Crippen LogP contribution is 2.50. The van der Waals surface area contributed by atoms with Gasteiger partial charge in [0.25, 0.3) is 0 Å². The van der Waals surface area contributed by atoms with Gasteiger partial charge >= 0.3 is 0 Å². The van der Waals surface area contributed by atoms with Crippen LogP contribution in [0.5, 0.6) is 11.5 Å². The van der Waals surface area contributed by atoms with E-state index in [1.54, 1.807) is 17.4 Å². The number of amides is 2. The summed E-state index contributed by atoms with van der Waals surface area (Å²) >= 11 is 1.57. The summed E-state index contributed by atoms with van der Waals surface area (Å²) in [5, 5.41) is 14.1. The summed E-state index contributed by atoms with van der Waals surface area (Å²) < 4.78 is 12.7. The predicted octanol–water partition coefficient (Wildman–Crippen LogP) is 7.39. The molecular formula is C37H35NO5S. The minimum Gasteiger partial charge on any atom is -0.507 e. The number of allylic oxidation sites excluding steroid dienone is 1. The van der Waals surface area contributed by atoms with E-state index in [2.05, 4.69) is 13.0 Å². The Kier molecular flexibility index (Phi) is 7.83. The van der Waals surface area contributed by atoms with Gasteiger partial charge in [0, 0.05) is 16.2 Å². The van der Waals surface area contributed by atoms with E-state index < -0.39 is 0 Å². The Morgan fingerprint density at radius 2 is 1.77 bits per heavy atom. The van der Waals surface area contributed by atoms with Crippen molar-refractivity contribution in [1.82, 2.24) is 4.90 Å². The van der Waals surface area contributed by atoms with Gasteiger partial charge in [0.05, 0.1) is 31.1 Å². The first kappa shape index (κ1) is 28.6. The van der Waals surface area contributed by atoms with E-state index in [1.165, 1.54) is 10.5 Å². The molecule has 2 aliphatic heterocycles. The van der Waals surface area contributed by atoms with E-state index in [-0.39, 0.29) is 41.4 Å². The number of carbonyl (C=O) groups is 2. The number of para-hydroxylation sites is 1. The van der Waals surface area contributed by atoms with Crippen molar-refractivity contribution in [2.75, 3.05) is 13.2 Å². The normalized spacial score (nSPS) is 23.4. The lowest BCUT2D eigenvalue weighted by atomic mass is 9.69. The molecule has 1 aliphatic carbocycles. The number of ether oxygens (including phenoxy) is 2. The van der Waals surface area contributed by atoms with E-state index in [9.17, 15) is 14.7 Å². The van der Waals surface area contributed by atoms with Crippen LogP contribution in [0.25, 0.3) is 16.8 Å². The van der Waals surface area contributed by atoms with E-state index in [4.69, 9.17) is 9.47 Å².